The summed E-state index contributed by atoms with van der Waals surface area (Å²) in [4.78, 5) is 37.6. The molecule has 2 atom stereocenters. The van der Waals surface area contributed by atoms with Crippen molar-refractivity contribution in [2.75, 3.05) is 31.8 Å². The molecule has 0 radical (unpaired) electrons. The molecule has 0 spiro atoms. The van der Waals surface area contributed by atoms with E-state index in [1.165, 1.54) is 7.11 Å². The Morgan fingerprint density at radius 3 is 2.72 bits per heavy atom. The van der Waals surface area contributed by atoms with Crippen LogP contribution in [0.25, 0.3) is 0 Å². The first kappa shape index (κ1) is 17.1. The number of carbonyl (C=O) groups is 3. The molecule has 2 heterocycles. The lowest BCUT2D eigenvalue weighted by atomic mass is 10.1. The fourth-order valence-electron chi connectivity index (χ4n) is 2.90. The van der Waals surface area contributed by atoms with Crippen LogP contribution in [0.4, 0.5) is 5.69 Å². The summed E-state index contributed by atoms with van der Waals surface area (Å²) >= 11 is 0. The molecule has 1 N–H and O–H groups in total. The van der Waals surface area contributed by atoms with E-state index in [9.17, 15) is 14.4 Å². The van der Waals surface area contributed by atoms with Crippen LogP contribution in [0.5, 0.6) is 11.5 Å². The Labute approximate surface area is 145 Å². The maximum absolute atomic E-state index is 12.3. The summed E-state index contributed by atoms with van der Waals surface area (Å²) in [5.74, 6) is -0.311. The lowest BCUT2D eigenvalue weighted by Crippen LogP contribution is -2.43. The van der Waals surface area contributed by atoms with Gasteiger partial charge in [-0.05, 0) is 19.1 Å². The average molecular weight is 348 g/mol. The van der Waals surface area contributed by atoms with Crippen LogP contribution < -0.4 is 19.7 Å². The van der Waals surface area contributed by atoms with Gasteiger partial charge < -0.3 is 24.4 Å². The van der Waals surface area contributed by atoms with Crippen LogP contribution in [0.2, 0.25) is 0 Å². The molecule has 0 saturated carbocycles. The predicted octanol–water partition coefficient (Wildman–Crippen LogP) is 0.488. The number of fused-ring (bicyclic) bond motifs is 1. The summed E-state index contributed by atoms with van der Waals surface area (Å²) in [5.41, 5.74) is 0.658. The molecule has 1 aromatic carbocycles. The number of hydrogen-bond donors (Lipinski definition) is 1. The molecule has 0 bridgehead atoms. The zero-order chi connectivity index (χ0) is 18.0. The van der Waals surface area contributed by atoms with Gasteiger partial charge in [0.25, 0.3) is 0 Å². The molecule has 2 aliphatic heterocycles. The number of rotatable bonds is 4. The highest BCUT2D eigenvalue weighted by Crippen LogP contribution is 2.35. The van der Waals surface area contributed by atoms with Crippen molar-refractivity contribution in [1.82, 2.24) is 5.32 Å². The van der Waals surface area contributed by atoms with Gasteiger partial charge in [0.1, 0.15) is 19.3 Å². The maximum Gasteiger partial charge on any atom is 0.328 e. The molecule has 3 rings (SSSR count). The summed E-state index contributed by atoms with van der Waals surface area (Å²) in [6.07, 6.45) is 0.0914. The van der Waals surface area contributed by atoms with E-state index in [1.54, 1.807) is 30.0 Å². The van der Waals surface area contributed by atoms with Crippen molar-refractivity contribution in [3.63, 3.8) is 0 Å². The number of hydrogen-bond acceptors (Lipinski definition) is 6. The number of anilines is 1. The Morgan fingerprint density at radius 2 is 2.00 bits per heavy atom. The summed E-state index contributed by atoms with van der Waals surface area (Å²) in [5, 5.41) is 2.58. The topological polar surface area (TPSA) is 94.2 Å². The van der Waals surface area contributed by atoms with Gasteiger partial charge in [-0.3, -0.25) is 9.59 Å². The van der Waals surface area contributed by atoms with Gasteiger partial charge in [-0.1, -0.05) is 0 Å². The minimum absolute atomic E-state index is 0.0914. The van der Waals surface area contributed by atoms with Crippen molar-refractivity contribution in [2.24, 2.45) is 5.92 Å². The molecule has 2 amide bonds. The molecular weight excluding hydrogens is 328 g/mol. The van der Waals surface area contributed by atoms with Gasteiger partial charge in [0, 0.05) is 24.7 Å². The first-order chi connectivity index (χ1) is 12.0. The molecule has 1 aromatic rings. The first-order valence-electron chi connectivity index (χ1n) is 8.08. The standard InChI is InChI=1S/C17H20N2O6/c1-10(17(22)23-2)18-16(21)11-7-15(20)19(9-11)12-3-4-13-14(8-12)25-6-5-24-13/h3-4,8,10-11H,5-7,9H2,1-2H3,(H,18,21). The molecule has 1 fully saturated rings. The van der Waals surface area contributed by atoms with Crippen molar-refractivity contribution in [3.8, 4) is 11.5 Å². The van der Waals surface area contributed by atoms with Crippen LogP contribution in [0, 0.1) is 5.92 Å². The van der Waals surface area contributed by atoms with E-state index in [0.29, 0.717) is 30.4 Å². The molecule has 0 aliphatic carbocycles. The van der Waals surface area contributed by atoms with Crippen molar-refractivity contribution in [1.29, 1.82) is 0 Å². The molecule has 8 heteroatoms. The summed E-state index contributed by atoms with van der Waals surface area (Å²) in [6, 6.07) is 4.51. The summed E-state index contributed by atoms with van der Waals surface area (Å²) < 4.78 is 15.6. The predicted molar refractivity (Wildman–Crippen MR) is 87.5 cm³/mol. The van der Waals surface area contributed by atoms with Crippen LogP contribution in [0.3, 0.4) is 0 Å². The van der Waals surface area contributed by atoms with E-state index in [4.69, 9.17) is 9.47 Å². The minimum Gasteiger partial charge on any atom is -0.486 e. The Balaban J connectivity index is 1.68. The third kappa shape index (κ3) is 3.52. The van der Waals surface area contributed by atoms with Crippen molar-refractivity contribution < 1.29 is 28.6 Å². The van der Waals surface area contributed by atoms with Crippen molar-refractivity contribution in [2.45, 2.75) is 19.4 Å². The Hall–Kier alpha value is -2.77. The lowest BCUT2D eigenvalue weighted by molar-refractivity contribution is -0.144. The normalized spacial score (nSPS) is 20.2. The van der Waals surface area contributed by atoms with Gasteiger partial charge >= 0.3 is 5.97 Å². The van der Waals surface area contributed by atoms with E-state index in [1.807, 2.05) is 0 Å². The van der Waals surface area contributed by atoms with E-state index in [0.717, 1.165) is 0 Å². The second kappa shape index (κ2) is 7.00. The molecule has 2 unspecified atom stereocenters. The Bertz CT molecular complexity index is 704. The quantitative estimate of drug-likeness (QED) is 0.796. The fourth-order valence-corrected chi connectivity index (χ4v) is 2.90. The largest absolute Gasteiger partial charge is 0.486 e. The minimum atomic E-state index is -0.754. The number of nitrogens with one attached hydrogen (secondary N) is 1. The Kier molecular flexibility index (Phi) is 4.78. The molecule has 25 heavy (non-hydrogen) atoms. The van der Waals surface area contributed by atoms with Gasteiger partial charge in [-0.25, -0.2) is 4.79 Å². The van der Waals surface area contributed by atoms with Gasteiger partial charge in [0.15, 0.2) is 11.5 Å². The Morgan fingerprint density at radius 1 is 1.28 bits per heavy atom. The zero-order valence-corrected chi connectivity index (χ0v) is 14.1. The van der Waals surface area contributed by atoms with E-state index >= 15 is 0 Å². The van der Waals surface area contributed by atoms with Gasteiger partial charge in [0.05, 0.1) is 13.0 Å². The SMILES string of the molecule is COC(=O)C(C)NC(=O)C1CC(=O)N(c2ccc3c(c2)OCCO3)C1. The smallest absolute Gasteiger partial charge is 0.328 e. The number of amides is 2. The number of nitrogens with zero attached hydrogens (tertiary/aromatic N) is 1. The van der Waals surface area contributed by atoms with Crippen LogP contribution in [-0.2, 0) is 19.1 Å². The second-order valence-electron chi connectivity index (χ2n) is 5.99. The summed E-state index contributed by atoms with van der Waals surface area (Å²) in [7, 11) is 1.26. The fraction of sp³-hybridized carbons (Fsp3) is 0.471. The average Bonchev–Trinajstić information content (AvgIpc) is 3.02. The van der Waals surface area contributed by atoms with Gasteiger partial charge in [0.2, 0.25) is 11.8 Å². The number of methoxy groups -OCH3 is 1. The highest BCUT2D eigenvalue weighted by Gasteiger charge is 2.36. The lowest BCUT2D eigenvalue weighted by Gasteiger charge is -2.22. The number of ether oxygens (including phenoxy) is 3. The molecule has 1 saturated heterocycles. The van der Waals surface area contributed by atoms with Crippen molar-refractivity contribution in [3.05, 3.63) is 18.2 Å². The van der Waals surface area contributed by atoms with E-state index < -0.39 is 17.9 Å². The maximum atomic E-state index is 12.3. The van der Waals surface area contributed by atoms with Crippen LogP contribution >= 0.6 is 0 Å². The number of esters is 1. The van der Waals surface area contributed by atoms with Crippen molar-refractivity contribution >= 4 is 23.5 Å². The summed E-state index contributed by atoms with van der Waals surface area (Å²) in [6.45, 7) is 2.74. The highest BCUT2D eigenvalue weighted by molar-refractivity contribution is 6.01. The third-order valence-electron chi connectivity index (χ3n) is 4.25. The highest BCUT2D eigenvalue weighted by atomic mass is 16.6. The second-order valence-corrected chi connectivity index (χ2v) is 5.99. The third-order valence-corrected chi connectivity index (χ3v) is 4.25. The molecular formula is C17H20N2O6. The van der Waals surface area contributed by atoms with Gasteiger partial charge in [-0.2, -0.15) is 0 Å². The zero-order valence-electron chi connectivity index (χ0n) is 14.1. The van der Waals surface area contributed by atoms with E-state index in [-0.39, 0.29) is 24.8 Å². The van der Waals surface area contributed by atoms with Gasteiger partial charge in [-0.15, -0.1) is 0 Å². The first-order valence-corrected chi connectivity index (χ1v) is 8.08. The molecule has 0 aromatic heterocycles. The van der Waals surface area contributed by atoms with E-state index in [2.05, 4.69) is 10.1 Å². The number of benzene rings is 1. The molecule has 134 valence electrons. The van der Waals surface area contributed by atoms with Crippen LogP contribution in [0.15, 0.2) is 18.2 Å². The number of carbonyl (C=O) groups excluding carboxylic acids is 3. The monoisotopic (exact) mass is 348 g/mol. The molecule has 8 nitrogen and oxygen atoms in total. The molecule has 2 aliphatic rings. The van der Waals surface area contributed by atoms with Crippen LogP contribution in [-0.4, -0.2) is 50.7 Å². The van der Waals surface area contributed by atoms with Crippen LogP contribution in [0.1, 0.15) is 13.3 Å².